The average Bonchev–Trinajstić information content (AvgIpc) is 2.74. The first-order valence-electron chi connectivity index (χ1n) is 8.67. The van der Waals surface area contributed by atoms with Gasteiger partial charge in [-0.05, 0) is 53.6 Å². The van der Waals surface area contributed by atoms with E-state index in [-0.39, 0.29) is 11.7 Å². The normalized spacial score (nSPS) is 10.9. The molecular weight excluding hydrogens is 378 g/mol. The van der Waals surface area contributed by atoms with Gasteiger partial charge in [0.1, 0.15) is 11.5 Å². The van der Waals surface area contributed by atoms with Gasteiger partial charge in [-0.1, -0.05) is 18.2 Å². The van der Waals surface area contributed by atoms with E-state index in [0.717, 1.165) is 5.56 Å². The average molecular weight is 396 g/mol. The molecule has 3 aromatic rings. The second-order valence-electron chi connectivity index (χ2n) is 5.93. The van der Waals surface area contributed by atoms with Gasteiger partial charge in [-0.3, -0.25) is 9.78 Å². The first-order valence-corrected chi connectivity index (χ1v) is 8.67. The molecule has 5 nitrogen and oxygen atoms in total. The van der Waals surface area contributed by atoms with Gasteiger partial charge >= 0.3 is 6.61 Å². The molecule has 2 aromatic carbocycles. The molecular formula is C22H18F2N2O3. The summed E-state index contributed by atoms with van der Waals surface area (Å²) in [6.07, 6.45) is 6.26. The Hall–Kier alpha value is -3.74. The lowest BCUT2D eigenvalue weighted by Gasteiger charge is -2.13. The number of rotatable bonds is 7. The summed E-state index contributed by atoms with van der Waals surface area (Å²) in [6.45, 7) is -2.96. The van der Waals surface area contributed by atoms with Gasteiger partial charge in [0.2, 0.25) is 5.91 Å². The molecule has 1 N–H and O–H groups in total. The van der Waals surface area contributed by atoms with Crippen LogP contribution in [0, 0.1) is 0 Å². The molecule has 0 radical (unpaired) electrons. The van der Waals surface area contributed by atoms with Crippen molar-refractivity contribution in [3.63, 3.8) is 0 Å². The Balaban J connectivity index is 1.84. The van der Waals surface area contributed by atoms with Crippen LogP contribution < -0.4 is 14.8 Å². The van der Waals surface area contributed by atoms with E-state index >= 15 is 0 Å². The quantitative estimate of drug-likeness (QED) is 0.571. The minimum Gasteiger partial charge on any atom is -0.497 e. The number of halogens is 2. The van der Waals surface area contributed by atoms with E-state index in [0.29, 0.717) is 22.6 Å². The Bertz CT molecular complexity index is 991. The lowest BCUT2D eigenvalue weighted by Crippen LogP contribution is -2.08. The Morgan fingerprint density at radius 2 is 1.93 bits per heavy atom. The summed E-state index contributed by atoms with van der Waals surface area (Å²) in [5, 5.41) is 2.71. The highest BCUT2D eigenvalue weighted by molar-refractivity contribution is 6.02. The summed E-state index contributed by atoms with van der Waals surface area (Å²) in [5.74, 6) is 0.279. The van der Waals surface area contributed by atoms with Crippen LogP contribution in [0.1, 0.15) is 5.56 Å². The van der Waals surface area contributed by atoms with Crippen molar-refractivity contribution in [3.05, 3.63) is 78.6 Å². The summed E-state index contributed by atoms with van der Waals surface area (Å²) in [4.78, 5) is 16.2. The predicted octanol–water partition coefficient (Wildman–Crippen LogP) is 5.01. The standard InChI is InChI=1S/C22H18F2N2O3/c1-28-18-8-5-16(6-9-18)19-13-17(7-10-20(19)29-22(23)24)26-21(27)11-4-15-3-2-12-25-14-15/h2-14,22H,1H3,(H,26,27)/b11-4+. The maximum atomic E-state index is 12.8. The van der Waals surface area contributed by atoms with Crippen LogP contribution in [0.2, 0.25) is 0 Å². The third-order valence-corrected chi connectivity index (χ3v) is 3.98. The maximum absolute atomic E-state index is 12.8. The summed E-state index contributed by atoms with van der Waals surface area (Å²) >= 11 is 0. The first-order chi connectivity index (χ1) is 14.0. The Labute approximate surface area is 166 Å². The van der Waals surface area contributed by atoms with Crippen molar-refractivity contribution in [3.8, 4) is 22.6 Å². The number of ether oxygens (including phenoxy) is 2. The van der Waals surface area contributed by atoms with E-state index in [1.54, 1.807) is 54.9 Å². The molecule has 0 unspecified atom stereocenters. The number of alkyl halides is 2. The van der Waals surface area contributed by atoms with Crippen molar-refractivity contribution < 1.29 is 23.0 Å². The molecule has 148 valence electrons. The maximum Gasteiger partial charge on any atom is 0.387 e. The van der Waals surface area contributed by atoms with Crippen LogP contribution in [0.25, 0.3) is 17.2 Å². The van der Waals surface area contributed by atoms with Gasteiger partial charge in [-0.25, -0.2) is 0 Å². The second kappa shape index (κ2) is 9.45. The van der Waals surface area contributed by atoms with Gasteiger partial charge in [0, 0.05) is 29.7 Å². The minimum absolute atomic E-state index is 0.00840. The molecule has 0 saturated heterocycles. The zero-order valence-electron chi connectivity index (χ0n) is 15.5. The second-order valence-corrected chi connectivity index (χ2v) is 5.93. The molecule has 0 spiro atoms. The number of aromatic nitrogens is 1. The van der Waals surface area contributed by atoms with E-state index < -0.39 is 6.61 Å². The molecule has 0 atom stereocenters. The van der Waals surface area contributed by atoms with Gasteiger partial charge in [-0.2, -0.15) is 8.78 Å². The molecule has 3 rings (SSSR count). The van der Waals surface area contributed by atoms with Gasteiger partial charge in [0.05, 0.1) is 7.11 Å². The Kier molecular flexibility index (Phi) is 6.52. The van der Waals surface area contributed by atoms with E-state index in [9.17, 15) is 13.6 Å². The van der Waals surface area contributed by atoms with E-state index in [4.69, 9.17) is 4.74 Å². The molecule has 0 saturated carbocycles. The number of pyridine rings is 1. The van der Waals surface area contributed by atoms with Crippen LogP contribution in [0.3, 0.4) is 0 Å². The Morgan fingerprint density at radius 3 is 2.59 bits per heavy atom. The van der Waals surface area contributed by atoms with E-state index in [1.165, 1.54) is 25.3 Å². The summed E-state index contributed by atoms with van der Waals surface area (Å²) in [6, 6.07) is 14.9. The number of hydrogen-bond donors (Lipinski definition) is 1. The third-order valence-electron chi connectivity index (χ3n) is 3.98. The minimum atomic E-state index is -2.96. The highest BCUT2D eigenvalue weighted by atomic mass is 19.3. The zero-order valence-corrected chi connectivity index (χ0v) is 15.5. The molecule has 0 aliphatic rings. The van der Waals surface area contributed by atoms with Crippen LogP contribution in [0.5, 0.6) is 11.5 Å². The van der Waals surface area contributed by atoms with Crippen molar-refractivity contribution in [1.29, 1.82) is 0 Å². The first kappa shape index (κ1) is 20.0. The molecule has 0 aliphatic heterocycles. The lowest BCUT2D eigenvalue weighted by atomic mass is 10.0. The van der Waals surface area contributed by atoms with Crippen molar-refractivity contribution in [1.82, 2.24) is 4.98 Å². The molecule has 29 heavy (non-hydrogen) atoms. The van der Waals surface area contributed by atoms with Gasteiger partial charge in [0.15, 0.2) is 0 Å². The highest BCUT2D eigenvalue weighted by Gasteiger charge is 2.13. The van der Waals surface area contributed by atoms with E-state index in [1.807, 2.05) is 6.07 Å². The van der Waals surface area contributed by atoms with Gasteiger partial charge in [-0.15, -0.1) is 0 Å². The number of amides is 1. The van der Waals surface area contributed by atoms with Crippen molar-refractivity contribution in [2.45, 2.75) is 6.61 Å². The lowest BCUT2D eigenvalue weighted by molar-refractivity contribution is -0.111. The fourth-order valence-electron chi connectivity index (χ4n) is 2.63. The molecule has 1 amide bonds. The van der Waals surface area contributed by atoms with Crippen LogP contribution in [0.15, 0.2) is 73.1 Å². The molecule has 0 aliphatic carbocycles. The molecule has 0 fully saturated rings. The van der Waals surface area contributed by atoms with E-state index in [2.05, 4.69) is 15.0 Å². The van der Waals surface area contributed by atoms with Crippen LogP contribution >= 0.6 is 0 Å². The number of carbonyl (C=O) groups excluding carboxylic acids is 1. The smallest absolute Gasteiger partial charge is 0.387 e. The molecule has 7 heteroatoms. The zero-order chi connectivity index (χ0) is 20.6. The van der Waals surface area contributed by atoms with Crippen LogP contribution in [-0.2, 0) is 4.79 Å². The number of benzene rings is 2. The number of carbonyl (C=O) groups is 1. The van der Waals surface area contributed by atoms with Crippen LogP contribution in [-0.4, -0.2) is 24.6 Å². The Morgan fingerprint density at radius 1 is 1.14 bits per heavy atom. The molecule has 1 heterocycles. The fraction of sp³-hybridized carbons (Fsp3) is 0.0909. The van der Waals surface area contributed by atoms with Crippen LogP contribution in [0.4, 0.5) is 14.5 Å². The highest BCUT2D eigenvalue weighted by Crippen LogP contribution is 2.34. The predicted molar refractivity (Wildman–Crippen MR) is 107 cm³/mol. The van der Waals surface area contributed by atoms with Crippen molar-refractivity contribution >= 4 is 17.7 Å². The topological polar surface area (TPSA) is 60.5 Å². The number of methoxy groups -OCH3 is 1. The summed E-state index contributed by atoms with van der Waals surface area (Å²) in [5.41, 5.74) is 2.28. The number of nitrogens with zero attached hydrogens (tertiary/aromatic N) is 1. The van der Waals surface area contributed by atoms with Gasteiger partial charge in [0.25, 0.3) is 0 Å². The SMILES string of the molecule is COc1ccc(-c2cc(NC(=O)/C=C/c3cccnc3)ccc2OC(F)F)cc1. The summed E-state index contributed by atoms with van der Waals surface area (Å²) < 4.78 is 35.3. The molecule has 1 aromatic heterocycles. The largest absolute Gasteiger partial charge is 0.497 e. The van der Waals surface area contributed by atoms with Crippen molar-refractivity contribution in [2.24, 2.45) is 0 Å². The number of nitrogens with one attached hydrogen (secondary N) is 1. The fourth-order valence-corrected chi connectivity index (χ4v) is 2.63. The van der Waals surface area contributed by atoms with Gasteiger partial charge < -0.3 is 14.8 Å². The number of hydrogen-bond acceptors (Lipinski definition) is 4. The monoisotopic (exact) mass is 396 g/mol. The number of anilines is 1. The molecule has 0 bridgehead atoms. The van der Waals surface area contributed by atoms with Crippen molar-refractivity contribution in [2.75, 3.05) is 12.4 Å². The third kappa shape index (κ3) is 5.62. The summed E-state index contributed by atoms with van der Waals surface area (Å²) in [7, 11) is 1.54.